The van der Waals surface area contributed by atoms with Crippen molar-refractivity contribution in [2.45, 2.75) is 76.6 Å². The number of halogens is 1. The summed E-state index contributed by atoms with van der Waals surface area (Å²) in [7, 11) is -3.83. The lowest BCUT2D eigenvalue weighted by Gasteiger charge is -2.43. The van der Waals surface area contributed by atoms with Crippen LogP contribution < -0.4 is 10.0 Å². The molecule has 3 heterocycles. The van der Waals surface area contributed by atoms with E-state index in [1.54, 1.807) is 26.2 Å². The van der Waals surface area contributed by atoms with Crippen LogP contribution in [0.3, 0.4) is 0 Å². The maximum atomic E-state index is 13.6. The van der Waals surface area contributed by atoms with Crippen LogP contribution in [0.1, 0.15) is 62.5 Å². The average molecular weight is 649 g/mol. The second-order valence-corrected chi connectivity index (χ2v) is 13.9. The number of nitrogens with zero attached hydrogens (tertiary/aromatic N) is 2. The van der Waals surface area contributed by atoms with Crippen molar-refractivity contribution in [2.24, 2.45) is 0 Å². The minimum absolute atomic E-state index is 0.0705. The van der Waals surface area contributed by atoms with Crippen LogP contribution in [0, 0.1) is 0 Å². The zero-order chi connectivity index (χ0) is 31.4. The highest BCUT2D eigenvalue weighted by molar-refractivity contribution is 7.88. The molecule has 0 bridgehead atoms. The molecule has 3 amide bonds. The van der Waals surface area contributed by atoms with Crippen molar-refractivity contribution in [1.29, 1.82) is 0 Å². The Morgan fingerprint density at radius 3 is 2.48 bits per heavy atom. The molecule has 3 rings (SSSR count). The second-order valence-electron chi connectivity index (χ2n) is 10.8. The molecule has 2 aliphatic rings. The summed E-state index contributed by atoms with van der Waals surface area (Å²) in [5.74, 6) is -4.67. The van der Waals surface area contributed by atoms with Crippen molar-refractivity contribution >= 4 is 68.4 Å². The first kappa shape index (κ1) is 33.4. The number of rotatable bonds is 10. The predicted octanol–water partition coefficient (Wildman–Crippen LogP) is 0.790. The molecule has 1 aromatic rings. The van der Waals surface area contributed by atoms with Gasteiger partial charge in [-0.15, -0.1) is 11.3 Å². The summed E-state index contributed by atoms with van der Waals surface area (Å²) in [6.07, 6.45) is 0.445. The Labute approximate surface area is 252 Å². The van der Waals surface area contributed by atoms with Gasteiger partial charge in [0.25, 0.3) is 5.91 Å². The number of ether oxygens (including phenoxy) is 2. The van der Waals surface area contributed by atoms with Crippen LogP contribution in [0.25, 0.3) is 0 Å². The van der Waals surface area contributed by atoms with Gasteiger partial charge in [-0.05, 0) is 51.5 Å². The summed E-state index contributed by atoms with van der Waals surface area (Å²) in [5.41, 5.74) is -0.901. The van der Waals surface area contributed by atoms with E-state index in [0.717, 1.165) is 27.6 Å². The maximum absolute atomic E-state index is 13.6. The van der Waals surface area contributed by atoms with Crippen LogP contribution in [0.2, 0.25) is 5.02 Å². The lowest BCUT2D eigenvalue weighted by Crippen LogP contribution is -2.64. The minimum Gasteiger partial charge on any atom is -0.460 e. The first-order valence-electron chi connectivity index (χ1n) is 13.0. The molecule has 0 radical (unpaired) electrons. The molecular formula is C25H33ClN4O10S2. The molecule has 0 saturated carbocycles. The number of hydrazine groups is 1. The first-order chi connectivity index (χ1) is 19.5. The molecule has 42 heavy (non-hydrogen) atoms. The Balaban J connectivity index is 1.82. The molecule has 17 heteroatoms. The third kappa shape index (κ3) is 8.96. The molecule has 0 aliphatic carbocycles. The normalized spacial score (nSPS) is 20.3. The van der Waals surface area contributed by atoms with Crippen molar-refractivity contribution in [2.75, 3.05) is 19.4 Å². The molecular weight excluding hydrogens is 616 g/mol. The number of sulfonamides is 1. The third-order valence-corrected chi connectivity index (χ3v) is 8.20. The van der Waals surface area contributed by atoms with Crippen LogP contribution in [0.4, 0.5) is 0 Å². The molecule has 14 nitrogen and oxygen atoms in total. The monoisotopic (exact) mass is 648 g/mol. The zero-order valence-corrected chi connectivity index (χ0v) is 25.9. The van der Waals surface area contributed by atoms with Crippen LogP contribution in [-0.4, -0.2) is 97.0 Å². The number of hydrogen-bond donors (Lipinski definition) is 2. The maximum Gasteiger partial charge on any atom is 0.350 e. The van der Waals surface area contributed by atoms with Gasteiger partial charge in [-0.1, -0.05) is 11.6 Å². The van der Waals surface area contributed by atoms with Crippen molar-refractivity contribution < 1.29 is 46.7 Å². The van der Waals surface area contributed by atoms with Crippen LogP contribution >= 0.6 is 22.9 Å². The number of esters is 2. The van der Waals surface area contributed by atoms with Gasteiger partial charge in [0, 0.05) is 13.0 Å². The topological polar surface area (TPSA) is 186 Å². The summed E-state index contributed by atoms with van der Waals surface area (Å²) in [4.78, 5) is 77.9. The van der Waals surface area contributed by atoms with E-state index in [4.69, 9.17) is 21.1 Å². The van der Waals surface area contributed by atoms with Gasteiger partial charge < -0.3 is 14.8 Å². The van der Waals surface area contributed by atoms with E-state index in [0.29, 0.717) is 6.42 Å². The van der Waals surface area contributed by atoms with Crippen LogP contribution in [-0.2, 0) is 43.5 Å². The Bertz CT molecular complexity index is 1360. The van der Waals surface area contributed by atoms with E-state index in [-0.39, 0.29) is 35.7 Å². The summed E-state index contributed by atoms with van der Waals surface area (Å²) in [6.45, 7) is 4.17. The smallest absolute Gasteiger partial charge is 0.350 e. The standard InChI is InChI=1S/C25H33ClN4O10S2/c1-25(2,3)40-20(33)12-16(18(31)13-39-24(36)21-14(26)9-11-41-21)27-22(34)17-6-5-10-29-19(32)8-7-15(23(35)30(17)29)28-42(4,37)38/h9,11,15-17,28H,5-8,10,12-13H2,1-4H3,(H,27,34)/t15-,16-,17-/m0/s1. The van der Waals surface area contributed by atoms with E-state index in [1.165, 1.54) is 6.07 Å². The van der Waals surface area contributed by atoms with Crippen LogP contribution in [0.15, 0.2) is 11.4 Å². The highest BCUT2D eigenvalue weighted by Crippen LogP contribution is 2.26. The van der Waals surface area contributed by atoms with Crippen molar-refractivity contribution in [1.82, 2.24) is 20.1 Å². The van der Waals surface area contributed by atoms with Crippen molar-refractivity contribution in [3.05, 3.63) is 21.3 Å². The molecule has 2 aliphatic heterocycles. The van der Waals surface area contributed by atoms with E-state index < -0.39 is 82.2 Å². The number of carbonyl (C=O) groups is 6. The number of hydrogen-bond acceptors (Lipinski definition) is 11. The fourth-order valence-corrected chi connectivity index (χ4v) is 6.21. The Morgan fingerprint density at radius 1 is 1.19 bits per heavy atom. The van der Waals surface area contributed by atoms with E-state index in [9.17, 15) is 37.2 Å². The minimum atomic E-state index is -3.83. The number of nitrogens with one attached hydrogen (secondary N) is 2. The first-order valence-corrected chi connectivity index (χ1v) is 16.2. The van der Waals surface area contributed by atoms with Gasteiger partial charge in [0.1, 0.15) is 28.6 Å². The molecule has 2 fully saturated rings. The van der Waals surface area contributed by atoms with E-state index in [1.807, 2.05) is 0 Å². The van der Waals surface area contributed by atoms with Gasteiger partial charge in [0.2, 0.25) is 21.8 Å². The lowest BCUT2D eigenvalue weighted by atomic mass is 10.0. The number of thiophene rings is 1. The summed E-state index contributed by atoms with van der Waals surface area (Å²) < 4.78 is 36.3. The molecule has 0 unspecified atom stereocenters. The lowest BCUT2D eigenvalue weighted by molar-refractivity contribution is -0.176. The molecule has 0 spiro atoms. The Morgan fingerprint density at radius 2 is 1.88 bits per heavy atom. The Kier molecular flexibility index (Phi) is 10.7. The van der Waals surface area contributed by atoms with E-state index >= 15 is 0 Å². The van der Waals surface area contributed by atoms with Crippen molar-refractivity contribution in [3.8, 4) is 0 Å². The summed E-state index contributed by atoms with van der Waals surface area (Å²) >= 11 is 6.95. The number of carbonyl (C=O) groups excluding carboxylic acids is 6. The fraction of sp³-hybridized carbons (Fsp3) is 0.600. The van der Waals surface area contributed by atoms with Crippen molar-refractivity contribution in [3.63, 3.8) is 0 Å². The van der Waals surface area contributed by atoms with Gasteiger partial charge in [-0.2, -0.15) is 0 Å². The van der Waals surface area contributed by atoms with Gasteiger partial charge in [0.15, 0.2) is 12.4 Å². The number of Topliss-reactive ketones (excluding diaryl/α,β-unsaturated/α-hetero) is 1. The predicted molar refractivity (Wildman–Crippen MR) is 150 cm³/mol. The highest BCUT2D eigenvalue weighted by atomic mass is 35.5. The van der Waals surface area contributed by atoms with Gasteiger partial charge >= 0.3 is 11.9 Å². The Hall–Kier alpha value is -3.08. The fourth-order valence-electron chi connectivity index (χ4n) is 4.45. The zero-order valence-electron chi connectivity index (χ0n) is 23.5. The average Bonchev–Trinajstić information content (AvgIpc) is 3.27. The largest absolute Gasteiger partial charge is 0.460 e. The van der Waals surface area contributed by atoms with Crippen LogP contribution in [0.5, 0.6) is 0 Å². The number of ketones is 1. The quantitative estimate of drug-likeness (QED) is 0.344. The van der Waals surface area contributed by atoms with Gasteiger partial charge in [-0.3, -0.25) is 29.0 Å². The van der Waals surface area contributed by atoms with E-state index in [2.05, 4.69) is 10.0 Å². The molecule has 2 N–H and O–H groups in total. The SMILES string of the molecule is CC(C)(C)OC(=O)C[C@H](NC(=O)[C@@H]1CCCN2C(=O)CC[C@H](NS(C)(=O)=O)C(=O)N12)C(=O)COC(=O)c1sccc1Cl. The second kappa shape index (κ2) is 13.5. The number of fused-ring (bicyclic) bond motifs is 1. The summed E-state index contributed by atoms with van der Waals surface area (Å²) in [6, 6.07) is -2.62. The third-order valence-electron chi connectivity index (χ3n) is 6.16. The van der Waals surface area contributed by atoms with Gasteiger partial charge in [-0.25, -0.2) is 22.9 Å². The number of amides is 3. The molecule has 1 aromatic heterocycles. The molecule has 2 saturated heterocycles. The molecule has 3 atom stereocenters. The highest BCUT2D eigenvalue weighted by Gasteiger charge is 2.45. The molecule has 232 valence electrons. The van der Waals surface area contributed by atoms with Gasteiger partial charge in [0.05, 0.1) is 17.7 Å². The summed E-state index contributed by atoms with van der Waals surface area (Å²) in [5, 5.41) is 6.18. The molecule has 0 aromatic carbocycles.